The lowest BCUT2D eigenvalue weighted by molar-refractivity contribution is -0.136. The average molecular weight is 288 g/mol. The molecule has 1 atom stereocenters. The van der Waals surface area contributed by atoms with Gasteiger partial charge in [0.1, 0.15) is 11.9 Å². The minimum atomic E-state index is -1.07. The molecule has 6 heteroatoms. The first kappa shape index (κ1) is 14.9. The lowest BCUT2D eigenvalue weighted by Gasteiger charge is -2.16. The van der Waals surface area contributed by atoms with E-state index in [1.807, 2.05) is 30.3 Å². The lowest BCUT2D eigenvalue weighted by Crippen LogP contribution is -2.23. The molecule has 0 bridgehead atoms. The Labute approximate surface area is 121 Å². The fraction of sp³-hybridized carbons (Fsp3) is 0.267. The first-order valence-electron chi connectivity index (χ1n) is 6.42. The number of hydrogen-bond donors (Lipinski definition) is 2. The summed E-state index contributed by atoms with van der Waals surface area (Å²) in [4.78, 5) is 29.7. The molecule has 0 spiro atoms. The summed E-state index contributed by atoms with van der Waals surface area (Å²) in [5, 5.41) is 8.81. The summed E-state index contributed by atoms with van der Waals surface area (Å²) in [6, 6.07) is 9.35. The van der Waals surface area contributed by atoms with E-state index in [1.54, 1.807) is 6.92 Å². The molecule has 6 nitrogen and oxygen atoms in total. The molecule has 1 heterocycles. The quantitative estimate of drug-likeness (QED) is 0.868. The van der Waals surface area contributed by atoms with Crippen molar-refractivity contribution < 1.29 is 14.6 Å². The van der Waals surface area contributed by atoms with Crippen molar-refractivity contribution >= 4 is 5.97 Å². The van der Waals surface area contributed by atoms with Gasteiger partial charge in [0.2, 0.25) is 0 Å². The number of carboxylic acids is 1. The van der Waals surface area contributed by atoms with Crippen molar-refractivity contribution in [2.75, 3.05) is 7.11 Å². The summed E-state index contributed by atoms with van der Waals surface area (Å²) in [7, 11) is 1.53. The normalized spacial score (nSPS) is 12.1. The van der Waals surface area contributed by atoms with Crippen LogP contribution in [0.15, 0.2) is 35.1 Å². The maximum atomic E-state index is 12.0. The zero-order valence-electron chi connectivity index (χ0n) is 11.8. The highest BCUT2D eigenvalue weighted by atomic mass is 16.5. The van der Waals surface area contributed by atoms with Gasteiger partial charge in [0.05, 0.1) is 6.42 Å². The molecule has 2 rings (SSSR count). The Morgan fingerprint density at radius 2 is 2.05 bits per heavy atom. The van der Waals surface area contributed by atoms with Crippen LogP contribution in [0.3, 0.4) is 0 Å². The predicted molar refractivity (Wildman–Crippen MR) is 76.2 cm³/mol. The Balaban J connectivity index is 2.45. The van der Waals surface area contributed by atoms with Gasteiger partial charge in [-0.2, -0.15) is 0 Å². The monoisotopic (exact) mass is 288 g/mol. The fourth-order valence-electron chi connectivity index (χ4n) is 2.15. The first-order valence-corrected chi connectivity index (χ1v) is 6.42. The molecular weight excluding hydrogens is 272 g/mol. The molecule has 0 aliphatic rings. The number of methoxy groups -OCH3 is 1. The van der Waals surface area contributed by atoms with E-state index in [-0.39, 0.29) is 12.0 Å². The number of carboxylic acid groups (broad SMARTS) is 1. The van der Waals surface area contributed by atoms with Gasteiger partial charge >= 0.3 is 5.97 Å². The number of rotatable bonds is 5. The molecule has 0 saturated heterocycles. The zero-order valence-corrected chi connectivity index (χ0v) is 11.8. The van der Waals surface area contributed by atoms with Crippen molar-refractivity contribution in [1.82, 2.24) is 9.97 Å². The number of nitrogens with zero attached hydrogens (tertiary/aromatic N) is 1. The van der Waals surface area contributed by atoms with E-state index in [0.717, 1.165) is 5.56 Å². The van der Waals surface area contributed by atoms with Gasteiger partial charge in [0, 0.05) is 18.4 Å². The van der Waals surface area contributed by atoms with Gasteiger partial charge in [0.15, 0.2) is 0 Å². The van der Waals surface area contributed by atoms with Gasteiger partial charge in [-0.05, 0) is 12.5 Å². The van der Waals surface area contributed by atoms with Crippen LogP contribution in [-0.2, 0) is 16.0 Å². The minimum Gasteiger partial charge on any atom is -0.481 e. The molecule has 0 saturated carbocycles. The summed E-state index contributed by atoms with van der Waals surface area (Å²) in [6.45, 7) is 1.62. The van der Waals surface area contributed by atoms with Crippen LogP contribution in [0.5, 0.6) is 0 Å². The van der Waals surface area contributed by atoms with Crippen LogP contribution in [0.1, 0.15) is 28.7 Å². The molecule has 0 aliphatic heterocycles. The molecule has 21 heavy (non-hydrogen) atoms. The van der Waals surface area contributed by atoms with E-state index in [0.29, 0.717) is 11.5 Å². The van der Waals surface area contributed by atoms with Crippen LogP contribution in [0.25, 0.3) is 0 Å². The predicted octanol–water partition coefficient (Wildman–Crippen LogP) is 1.44. The zero-order chi connectivity index (χ0) is 15.4. The van der Waals surface area contributed by atoms with Crippen molar-refractivity contribution in [2.24, 2.45) is 0 Å². The van der Waals surface area contributed by atoms with Crippen LogP contribution in [0, 0.1) is 6.92 Å². The smallest absolute Gasteiger partial charge is 0.308 e. The largest absolute Gasteiger partial charge is 0.481 e. The third-order valence-electron chi connectivity index (χ3n) is 3.15. The third-order valence-corrected chi connectivity index (χ3v) is 3.15. The summed E-state index contributed by atoms with van der Waals surface area (Å²) in [6.07, 6.45) is -0.853. The van der Waals surface area contributed by atoms with Crippen molar-refractivity contribution in [1.29, 1.82) is 0 Å². The van der Waals surface area contributed by atoms with Gasteiger partial charge in [0.25, 0.3) is 5.56 Å². The Morgan fingerprint density at radius 3 is 2.57 bits per heavy atom. The summed E-state index contributed by atoms with van der Waals surface area (Å²) in [5.74, 6) is -0.704. The van der Waals surface area contributed by atoms with Gasteiger partial charge in [-0.1, -0.05) is 30.3 Å². The highest BCUT2D eigenvalue weighted by molar-refractivity contribution is 5.70. The number of aryl methyl sites for hydroxylation is 1. The maximum absolute atomic E-state index is 12.0. The number of hydrogen-bond acceptors (Lipinski definition) is 4. The van der Waals surface area contributed by atoms with Crippen LogP contribution in [0.2, 0.25) is 0 Å². The van der Waals surface area contributed by atoms with Gasteiger partial charge < -0.3 is 14.8 Å². The number of aliphatic carboxylic acids is 1. The number of carbonyl (C=O) groups is 1. The van der Waals surface area contributed by atoms with Crippen molar-refractivity contribution in [2.45, 2.75) is 19.4 Å². The van der Waals surface area contributed by atoms with E-state index in [9.17, 15) is 9.59 Å². The Morgan fingerprint density at radius 1 is 1.38 bits per heavy atom. The van der Waals surface area contributed by atoms with E-state index in [1.165, 1.54) is 7.11 Å². The fourth-order valence-corrected chi connectivity index (χ4v) is 2.15. The van der Waals surface area contributed by atoms with Crippen LogP contribution in [0.4, 0.5) is 0 Å². The van der Waals surface area contributed by atoms with E-state index >= 15 is 0 Å². The SMILES string of the molecule is COC(c1ccccc1)c1nc(C)c(CC(=O)O)c(=O)[nH]1. The van der Waals surface area contributed by atoms with Gasteiger partial charge in [-0.15, -0.1) is 0 Å². The highest BCUT2D eigenvalue weighted by Crippen LogP contribution is 2.21. The molecule has 0 radical (unpaired) electrons. The standard InChI is InChI=1S/C15H16N2O4/c1-9-11(8-12(18)19)15(20)17-14(16-9)13(21-2)10-6-4-3-5-7-10/h3-7,13H,8H2,1-2H3,(H,18,19)(H,16,17,20). The molecule has 2 aromatic rings. The molecule has 1 aromatic carbocycles. The second kappa shape index (κ2) is 6.32. The molecule has 1 unspecified atom stereocenters. The highest BCUT2D eigenvalue weighted by Gasteiger charge is 2.19. The van der Waals surface area contributed by atoms with Crippen LogP contribution < -0.4 is 5.56 Å². The second-order valence-electron chi connectivity index (χ2n) is 4.61. The number of aromatic amines is 1. The molecule has 0 amide bonds. The molecule has 2 N–H and O–H groups in total. The maximum Gasteiger partial charge on any atom is 0.308 e. The lowest BCUT2D eigenvalue weighted by atomic mass is 10.1. The van der Waals surface area contributed by atoms with E-state index in [2.05, 4.69) is 9.97 Å². The third kappa shape index (κ3) is 3.35. The van der Waals surface area contributed by atoms with Crippen LogP contribution >= 0.6 is 0 Å². The molecule has 0 fully saturated rings. The van der Waals surface area contributed by atoms with Crippen molar-refractivity contribution in [3.05, 3.63) is 63.3 Å². The van der Waals surface area contributed by atoms with Gasteiger partial charge in [-0.3, -0.25) is 9.59 Å². The molecule has 110 valence electrons. The number of ether oxygens (including phenoxy) is 1. The molecule has 1 aromatic heterocycles. The average Bonchev–Trinajstić information content (AvgIpc) is 2.45. The number of H-pyrrole nitrogens is 1. The van der Waals surface area contributed by atoms with Crippen molar-refractivity contribution in [3.63, 3.8) is 0 Å². The first-order chi connectivity index (χ1) is 10.0. The Hall–Kier alpha value is -2.47. The molecular formula is C15H16N2O4. The second-order valence-corrected chi connectivity index (χ2v) is 4.61. The van der Waals surface area contributed by atoms with Crippen molar-refractivity contribution in [3.8, 4) is 0 Å². The Kier molecular flexibility index (Phi) is 4.49. The Bertz CT molecular complexity index is 695. The summed E-state index contributed by atoms with van der Waals surface area (Å²) >= 11 is 0. The number of nitrogens with one attached hydrogen (secondary N) is 1. The van der Waals surface area contributed by atoms with Gasteiger partial charge in [-0.25, -0.2) is 4.98 Å². The van der Waals surface area contributed by atoms with E-state index in [4.69, 9.17) is 9.84 Å². The minimum absolute atomic E-state index is 0.161. The topological polar surface area (TPSA) is 92.3 Å². The number of benzene rings is 1. The van der Waals surface area contributed by atoms with Crippen LogP contribution in [-0.4, -0.2) is 28.2 Å². The molecule has 0 aliphatic carbocycles. The summed E-state index contributed by atoms with van der Waals surface area (Å²) in [5.41, 5.74) is 0.967. The number of aromatic nitrogens is 2. The van der Waals surface area contributed by atoms with E-state index < -0.39 is 17.6 Å². The summed E-state index contributed by atoms with van der Waals surface area (Å²) < 4.78 is 5.40.